The van der Waals surface area contributed by atoms with Gasteiger partial charge in [0.05, 0.1) is 5.02 Å². The van der Waals surface area contributed by atoms with Crippen LogP contribution in [-0.2, 0) is 0 Å². The van der Waals surface area contributed by atoms with Gasteiger partial charge < -0.3 is 5.32 Å². The smallest absolute Gasteiger partial charge is 0.142 e. The third-order valence-electron chi connectivity index (χ3n) is 2.71. The Morgan fingerprint density at radius 2 is 2.11 bits per heavy atom. The zero-order valence-corrected chi connectivity index (χ0v) is 11.8. The Bertz CT molecular complexity index is 440. The van der Waals surface area contributed by atoms with Crippen molar-refractivity contribution in [2.45, 2.75) is 32.2 Å². The lowest BCUT2D eigenvalue weighted by Crippen LogP contribution is -2.20. The number of halogens is 3. The van der Waals surface area contributed by atoms with Gasteiger partial charge in [0.15, 0.2) is 0 Å². The molecule has 1 rings (SSSR count). The van der Waals surface area contributed by atoms with E-state index in [1.54, 1.807) is 0 Å². The average molecular weight is 288 g/mol. The van der Waals surface area contributed by atoms with Gasteiger partial charge in [0.1, 0.15) is 5.82 Å². The fourth-order valence-electron chi connectivity index (χ4n) is 1.71. The summed E-state index contributed by atoms with van der Waals surface area (Å²) in [6.07, 6.45) is 7.89. The Hall–Kier alpha value is -0.750. The number of hydrogen-bond acceptors (Lipinski definition) is 1. The Balaban J connectivity index is 2.59. The lowest BCUT2D eigenvalue weighted by molar-refractivity contribution is 0.544. The van der Waals surface area contributed by atoms with E-state index < -0.39 is 5.82 Å². The van der Waals surface area contributed by atoms with Crippen molar-refractivity contribution < 1.29 is 4.39 Å². The first kappa shape index (κ1) is 15.3. The van der Waals surface area contributed by atoms with E-state index in [2.05, 4.69) is 11.2 Å². The van der Waals surface area contributed by atoms with Crippen molar-refractivity contribution in [2.75, 3.05) is 6.54 Å². The Labute approximate surface area is 118 Å². The predicted octanol–water partition coefficient (Wildman–Crippen LogP) is 4.59. The first-order valence-electron chi connectivity index (χ1n) is 5.88. The van der Waals surface area contributed by atoms with Crippen molar-refractivity contribution in [2.24, 2.45) is 0 Å². The second kappa shape index (κ2) is 7.63. The molecule has 0 aliphatic carbocycles. The van der Waals surface area contributed by atoms with Crippen LogP contribution >= 0.6 is 23.2 Å². The maximum Gasteiger partial charge on any atom is 0.142 e. The number of nitrogens with one attached hydrogen (secondary N) is 1. The number of unbranched alkanes of at least 4 members (excludes halogenated alkanes) is 2. The summed E-state index contributed by atoms with van der Waals surface area (Å²) in [6, 6.07) is 2.70. The second-order valence-corrected chi connectivity index (χ2v) is 4.88. The van der Waals surface area contributed by atoms with Crippen LogP contribution in [-0.4, -0.2) is 6.54 Å². The molecule has 0 saturated heterocycles. The molecule has 0 aliphatic heterocycles. The van der Waals surface area contributed by atoms with E-state index >= 15 is 0 Å². The van der Waals surface area contributed by atoms with Crippen LogP contribution in [0.5, 0.6) is 0 Å². The van der Waals surface area contributed by atoms with Crippen molar-refractivity contribution in [3.05, 3.63) is 33.6 Å². The molecule has 1 N–H and O–H groups in total. The number of terminal acetylenes is 1. The zero-order valence-electron chi connectivity index (χ0n) is 10.3. The zero-order chi connectivity index (χ0) is 13.5. The van der Waals surface area contributed by atoms with E-state index in [9.17, 15) is 4.39 Å². The summed E-state index contributed by atoms with van der Waals surface area (Å²) in [5, 5.41) is 3.83. The molecule has 18 heavy (non-hydrogen) atoms. The minimum atomic E-state index is -0.447. The molecule has 1 aromatic carbocycles. The highest BCUT2D eigenvalue weighted by Crippen LogP contribution is 2.32. The Morgan fingerprint density at radius 3 is 2.78 bits per heavy atom. The minimum absolute atomic E-state index is 0.0890. The molecule has 1 nitrogen and oxygen atoms in total. The molecule has 0 bridgehead atoms. The molecule has 1 aromatic rings. The van der Waals surface area contributed by atoms with Crippen LogP contribution in [0.1, 0.15) is 37.8 Å². The van der Waals surface area contributed by atoms with Crippen LogP contribution in [0.15, 0.2) is 12.1 Å². The van der Waals surface area contributed by atoms with Gasteiger partial charge in [-0.15, -0.1) is 12.3 Å². The highest BCUT2D eigenvalue weighted by atomic mass is 35.5. The lowest BCUT2D eigenvalue weighted by Gasteiger charge is -2.17. The molecular weight excluding hydrogens is 272 g/mol. The molecular formula is C14H16Cl2FN. The number of hydrogen-bond donors (Lipinski definition) is 1. The van der Waals surface area contributed by atoms with Gasteiger partial charge in [-0.2, -0.15) is 0 Å². The van der Waals surface area contributed by atoms with E-state index in [1.165, 1.54) is 12.1 Å². The first-order chi connectivity index (χ1) is 8.57. The predicted molar refractivity (Wildman–Crippen MR) is 75.5 cm³/mol. The van der Waals surface area contributed by atoms with Gasteiger partial charge in [-0.3, -0.25) is 0 Å². The maximum atomic E-state index is 13.4. The van der Waals surface area contributed by atoms with Gasteiger partial charge >= 0.3 is 0 Å². The topological polar surface area (TPSA) is 12.0 Å². The largest absolute Gasteiger partial charge is 0.310 e. The summed E-state index contributed by atoms with van der Waals surface area (Å²) in [5.41, 5.74) is 0.607. The van der Waals surface area contributed by atoms with Gasteiger partial charge in [-0.25, -0.2) is 4.39 Å². The highest BCUT2D eigenvalue weighted by Gasteiger charge is 2.16. The van der Waals surface area contributed by atoms with Crippen LogP contribution < -0.4 is 5.32 Å². The van der Waals surface area contributed by atoms with E-state index in [0.29, 0.717) is 10.6 Å². The van der Waals surface area contributed by atoms with E-state index in [0.717, 1.165) is 25.8 Å². The van der Waals surface area contributed by atoms with Crippen molar-refractivity contribution in [3.63, 3.8) is 0 Å². The van der Waals surface area contributed by atoms with Crippen LogP contribution in [0.25, 0.3) is 0 Å². The SMILES string of the molecule is C#CCCCCNC(C)c1c(Cl)ccc(F)c1Cl. The average Bonchev–Trinajstić information content (AvgIpc) is 2.34. The molecule has 4 heteroatoms. The quantitative estimate of drug-likeness (QED) is 0.459. The molecule has 0 fully saturated rings. The Morgan fingerprint density at radius 1 is 1.39 bits per heavy atom. The van der Waals surface area contributed by atoms with Crippen molar-refractivity contribution >= 4 is 23.2 Å². The molecule has 0 saturated carbocycles. The van der Waals surface area contributed by atoms with Gasteiger partial charge in [0.25, 0.3) is 0 Å². The summed E-state index contributed by atoms with van der Waals surface area (Å²) in [7, 11) is 0. The van der Waals surface area contributed by atoms with Crippen LogP contribution in [0.2, 0.25) is 10.0 Å². The normalized spacial score (nSPS) is 12.2. The molecule has 0 spiro atoms. The molecule has 0 amide bonds. The monoisotopic (exact) mass is 287 g/mol. The highest BCUT2D eigenvalue weighted by molar-refractivity contribution is 6.36. The van der Waals surface area contributed by atoms with Gasteiger partial charge in [0, 0.05) is 23.0 Å². The minimum Gasteiger partial charge on any atom is -0.310 e. The number of rotatable bonds is 6. The fraction of sp³-hybridized carbons (Fsp3) is 0.429. The summed E-state index contributed by atoms with van der Waals surface area (Å²) in [5.74, 6) is 2.15. The fourth-order valence-corrected chi connectivity index (χ4v) is 2.41. The summed E-state index contributed by atoms with van der Waals surface area (Å²) in [4.78, 5) is 0. The second-order valence-electron chi connectivity index (χ2n) is 4.09. The van der Waals surface area contributed by atoms with E-state index in [4.69, 9.17) is 29.6 Å². The summed E-state index contributed by atoms with van der Waals surface area (Å²) in [6.45, 7) is 2.71. The molecule has 0 heterocycles. The van der Waals surface area contributed by atoms with Gasteiger partial charge in [-0.05, 0) is 38.4 Å². The molecule has 1 atom stereocenters. The number of benzene rings is 1. The molecule has 0 aromatic heterocycles. The maximum absolute atomic E-state index is 13.4. The third kappa shape index (κ3) is 4.17. The Kier molecular flexibility index (Phi) is 6.49. The van der Waals surface area contributed by atoms with Crippen LogP contribution in [0.4, 0.5) is 4.39 Å². The van der Waals surface area contributed by atoms with E-state index in [1.807, 2.05) is 6.92 Å². The van der Waals surface area contributed by atoms with Crippen molar-refractivity contribution in [3.8, 4) is 12.3 Å². The molecule has 1 unspecified atom stereocenters. The van der Waals surface area contributed by atoms with Crippen LogP contribution in [0, 0.1) is 18.2 Å². The molecule has 0 radical (unpaired) electrons. The van der Waals surface area contributed by atoms with Crippen LogP contribution in [0.3, 0.4) is 0 Å². The standard InChI is InChI=1S/C14H16Cl2FN/c1-3-4-5-6-9-18-10(2)13-11(15)7-8-12(17)14(13)16/h1,7-8,10,18H,4-6,9H2,2H3. The molecule has 0 aliphatic rings. The van der Waals surface area contributed by atoms with Gasteiger partial charge in [-0.1, -0.05) is 23.2 Å². The van der Waals surface area contributed by atoms with E-state index in [-0.39, 0.29) is 11.1 Å². The molecule has 98 valence electrons. The lowest BCUT2D eigenvalue weighted by atomic mass is 10.1. The van der Waals surface area contributed by atoms with Gasteiger partial charge in [0.2, 0.25) is 0 Å². The van der Waals surface area contributed by atoms with Crippen molar-refractivity contribution in [1.29, 1.82) is 0 Å². The summed E-state index contributed by atoms with van der Waals surface area (Å²) >= 11 is 12.0. The third-order valence-corrected chi connectivity index (χ3v) is 3.42. The summed E-state index contributed by atoms with van der Waals surface area (Å²) < 4.78 is 13.4. The first-order valence-corrected chi connectivity index (χ1v) is 6.63. The van der Waals surface area contributed by atoms with Crippen molar-refractivity contribution in [1.82, 2.24) is 5.32 Å².